The molecule has 23 heavy (non-hydrogen) atoms. The van der Waals surface area contributed by atoms with E-state index in [1.165, 1.54) is 17.7 Å². The van der Waals surface area contributed by atoms with Crippen molar-refractivity contribution in [2.45, 2.75) is 37.6 Å². The highest BCUT2D eigenvalue weighted by molar-refractivity contribution is 7.10. The molecule has 1 saturated carbocycles. The van der Waals surface area contributed by atoms with Gasteiger partial charge in [-0.05, 0) is 35.7 Å². The van der Waals surface area contributed by atoms with Crippen LogP contribution in [0.25, 0.3) is 0 Å². The van der Waals surface area contributed by atoms with Crippen molar-refractivity contribution < 1.29 is 9.59 Å². The maximum absolute atomic E-state index is 12.1. The summed E-state index contributed by atoms with van der Waals surface area (Å²) in [5.74, 6) is -1.10. The minimum Gasteiger partial charge on any atom is -0.347 e. The molecule has 2 aromatic rings. The molecule has 0 aromatic carbocycles. The van der Waals surface area contributed by atoms with Gasteiger partial charge < -0.3 is 10.6 Å². The first-order chi connectivity index (χ1) is 11.2. The average Bonchev–Trinajstić information content (AvgIpc) is 3.32. The van der Waals surface area contributed by atoms with E-state index in [4.69, 9.17) is 0 Å². The van der Waals surface area contributed by atoms with E-state index in [2.05, 4.69) is 28.1 Å². The Morgan fingerprint density at radius 2 is 1.70 bits per heavy atom. The third-order valence-electron chi connectivity index (χ3n) is 4.40. The van der Waals surface area contributed by atoms with Crippen LogP contribution in [0.15, 0.2) is 35.0 Å². The first kappa shape index (κ1) is 16.2. The molecule has 0 saturated heterocycles. The molecule has 2 amide bonds. The molecule has 122 valence electrons. The van der Waals surface area contributed by atoms with Gasteiger partial charge in [-0.2, -0.15) is 0 Å². The van der Waals surface area contributed by atoms with E-state index in [9.17, 15) is 9.59 Å². The quantitative estimate of drug-likeness (QED) is 0.816. The molecular formula is C17H20N2O2S2. The summed E-state index contributed by atoms with van der Waals surface area (Å²) in [4.78, 5) is 26.3. The van der Waals surface area contributed by atoms with E-state index < -0.39 is 11.8 Å². The van der Waals surface area contributed by atoms with E-state index in [0.717, 1.165) is 17.7 Å². The topological polar surface area (TPSA) is 58.2 Å². The fraction of sp³-hybridized carbons (Fsp3) is 0.412. The van der Waals surface area contributed by atoms with Gasteiger partial charge in [-0.1, -0.05) is 25.0 Å². The van der Waals surface area contributed by atoms with Crippen LogP contribution in [0.5, 0.6) is 0 Å². The van der Waals surface area contributed by atoms with Crippen LogP contribution in [0.4, 0.5) is 0 Å². The van der Waals surface area contributed by atoms with Gasteiger partial charge >= 0.3 is 11.8 Å². The molecule has 0 atom stereocenters. The number of carbonyl (C=O) groups excluding carboxylic acids is 2. The molecule has 2 aromatic heterocycles. The van der Waals surface area contributed by atoms with Gasteiger partial charge in [-0.15, -0.1) is 22.7 Å². The van der Waals surface area contributed by atoms with E-state index in [0.29, 0.717) is 13.1 Å². The summed E-state index contributed by atoms with van der Waals surface area (Å²) in [6.07, 6.45) is 4.51. The maximum Gasteiger partial charge on any atom is 0.309 e. The first-order valence-electron chi connectivity index (χ1n) is 7.82. The molecule has 1 fully saturated rings. The molecule has 2 N–H and O–H groups in total. The molecule has 0 unspecified atom stereocenters. The fourth-order valence-electron chi connectivity index (χ4n) is 3.13. The molecule has 2 heterocycles. The minimum atomic E-state index is -0.558. The summed E-state index contributed by atoms with van der Waals surface area (Å²) >= 11 is 3.30. The van der Waals surface area contributed by atoms with Gasteiger partial charge in [0.2, 0.25) is 0 Å². The Morgan fingerprint density at radius 1 is 1.00 bits per heavy atom. The summed E-state index contributed by atoms with van der Waals surface area (Å²) < 4.78 is 0. The van der Waals surface area contributed by atoms with Crippen LogP contribution in [0.1, 0.15) is 35.4 Å². The molecule has 0 radical (unpaired) electrons. The predicted octanol–water partition coefficient (Wildman–Crippen LogP) is 3.05. The SMILES string of the molecule is O=C(NCc1cccs1)C(=O)NCC1(c2cccs2)CCCC1. The summed E-state index contributed by atoms with van der Waals surface area (Å²) in [5.41, 5.74) is 0.0118. The molecule has 0 bridgehead atoms. The van der Waals surface area contributed by atoms with Crippen molar-refractivity contribution in [2.24, 2.45) is 0 Å². The fourth-order valence-corrected chi connectivity index (χ4v) is 4.76. The Kier molecular flexibility index (Phi) is 5.13. The molecule has 1 aliphatic rings. The molecule has 0 spiro atoms. The highest BCUT2D eigenvalue weighted by Gasteiger charge is 2.37. The second-order valence-corrected chi connectivity index (χ2v) is 7.89. The zero-order chi connectivity index (χ0) is 16.1. The van der Waals surface area contributed by atoms with Gasteiger partial charge in [0.05, 0.1) is 6.54 Å². The van der Waals surface area contributed by atoms with E-state index >= 15 is 0 Å². The maximum atomic E-state index is 12.1. The van der Waals surface area contributed by atoms with Gasteiger partial charge in [0.1, 0.15) is 0 Å². The zero-order valence-corrected chi connectivity index (χ0v) is 14.5. The normalized spacial score (nSPS) is 16.2. The molecule has 3 rings (SSSR count). The zero-order valence-electron chi connectivity index (χ0n) is 12.8. The molecular weight excluding hydrogens is 328 g/mol. The van der Waals surface area contributed by atoms with Gasteiger partial charge in [0, 0.05) is 21.7 Å². The van der Waals surface area contributed by atoms with Gasteiger partial charge in [0.25, 0.3) is 0 Å². The number of hydrogen-bond acceptors (Lipinski definition) is 4. The third kappa shape index (κ3) is 3.82. The predicted molar refractivity (Wildman–Crippen MR) is 93.6 cm³/mol. The Labute approximate surface area is 143 Å². The van der Waals surface area contributed by atoms with Crippen LogP contribution in [-0.2, 0) is 21.5 Å². The Balaban J connectivity index is 1.54. The van der Waals surface area contributed by atoms with Crippen LogP contribution in [0, 0.1) is 0 Å². The van der Waals surface area contributed by atoms with E-state index in [1.54, 1.807) is 22.7 Å². The standard InChI is InChI=1S/C17H20N2O2S2/c20-15(18-11-13-5-3-9-22-13)16(21)19-12-17(7-1-2-8-17)14-6-4-10-23-14/h3-6,9-10H,1-2,7-8,11-12H2,(H,18,20)(H,19,21). The summed E-state index contributed by atoms with van der Waals surface area (Å²) in [7, 11) is 0. The third-order valence-corrected chi connectivity index (χ3v) is 6.39. The summed E-state index contributed by atoms with van der Waals surface area (Å²) in [6, 6.07) is 8.05. The second kappa shape index (κ2) is 7.27. The largest absolute Gasteiger partial charge is 0.347 e. The van der Waals surface area contributed by atoms with Crippen molar-refractivity contribution in [3.8, 4) is 0 Å². The van der Waals surface area contributed by atoms with Gasteiger partial charge in [-0.3, -0.25) is 9.59 Å². The van der Waals surface area contributed by atoms with Crippen LogP contribution in [0.3, 0.4) is 0 Å². The summed E-state index contributed by atoms with van der Waals surface area (Å²) in [6.45, 7) is 0.943. The second-order valence-electron chi connectivity index (χ2n) is 5.91. The van der Waals surface area contributed by atoms with Crippen molar-refractivity contribution in [1.82, 2.24) is 10.6 Å². The smallest absolute Gasteiger partial charge is 0.309 e. The van der Waals surface area contributed by atoms with Crippen molar-refractivity contribution in [2.75, 3.05) is 6.54 Å². The van der Waals surface area contributed by atoms with Crippen molar-refractivity contribution >= 4 is 34.5 Å². The molecule has 0 aliphatic heterocycles. The highest BCUT2D eigenvalue weighted by atomic mass is 32.1. The lowest BCUT2D eigenvalue weighted by atomic mass is 9.84. The molecule has 4 nitrogen and oxygen atoms in total. The lowest BCUT2D eigenvalue weighted by Crippen LogP contribution is -2.45. The Morgan fingerprint density at radius 3 is 2.35 bits per heavy atom. The monoisotopic (exact) mass is 348 g/mol. The Hall–Kier alpha value is -1.66. The highest BCUT2D eigenvalue weighted by Crippen LogP contribution is 2.42. The van der Waals surface area contributed by atoms with Crippen LogP contribution >= 0.6 is 22.7 Å². The minimum absolute atomic E-state index is 0.0118. The van der Waals surface area contributed by atoms with Crippen LogP contribution in [-0.4, -0.2) is 18.4 Å². The van der Waals surface area contributed by atoms with Crippen molar-refractivity contribution in [1.29, 1.82) is 0 Å². The first-order valence-corrected chi connectivity index (χ1v) is 9.58. The number of hydrogen-bond donors (Lipinski definition) is 2. The number of rotatable bonds is 5. The number of carbonyl (C=O) groups is 2. The van der Waals surface area contributed by atoms with Gasteiger partial charge in [0.15, 0.2) is 0 Å². The van der Waals surface area contributed by atoms with E-state index in [1.807, 2.05) is 17.5 Å². The Bertz CT molecular complexity index is 644. The lowest BCUT2D eigenvalue weighted by Gasteiger charge is -2.28. The summed E-state index contributed by atoms with van der Waals surface area (Å²) in [5, 5.41) is 9.54. The average molecular weight is 348 g/mol. The lowest BCUT2D eigenvalue weighted by molar-refractivity contribution is -0.139. The molecule has 1 aliphatic carbocycles. The van der Waals surface area contributed by atoms with Crippen LogP contribution in [0.2, 0.25) is 0 Å². The van der Waals surface area contributed by atoms with Gasteiger partial charge in [-0.25, -0.2) is 0 Å². The number of nitrogens with one attached hydrogen (secondary N) is 2. The van der Waals surface area contributed by atoms with Crippen LogP contribution < -0.4 is 10.6 Å². The molecule has 6 heteroatoms. The number of thiophene rings is 2. The van der Waals surface area contributed by atoms with Crippen molar-refractivity contribution in [3.63, 3.8) is 0 Å². The number of amides is 2. The van der Waals surface area contributed by atoms with E-state index in [-0.39, 0.29) is 5.41 Å². The van der Waals surface area contributed by atoms with Crippen molar-refractivity contribution in [3.05, 3.63) is 44.8 Å².